The first-order valence-electron chi connectivity index (χ1n) is 8.54. The minimum atomic E-state index is -0.448. The standard InChI is InChI=1S/C21H22N2O3/c1-4-25-21(24)19-13-20(26-14-15-8-6-5-7-9-15)17-12-16(23(2)3)10-11-18(17)22-19/h5-13H,4,14H2,1-3H3. The van der Waals surface area contributed by atoms with E-state index in [1.807, 2.05) is 67.5 Å². The van der Waals surface area contributed by atoms with Crippen LogP contribution in [-0.4, -0.2) is 31.7 Å². The number of pyridine rings is 1. The van der Waals surface area contributed by atoms with Gasteiger partial charge in [0.15, 0.2) is 5.69 Å². The number of esters is 1. The Kier molecular flexibility index (Phi) is 5.37. The Hall–Kier alpha value is -3.08. The Morgan fingerprint density at radius 1 is 1.08 bits per heavy atom. The normalized spacial score (nSPS) is 10.6. The molecule has 0 aliphatic heterocycles. The Morgan fingerprint density at radius 3 is 2.54 bits per heavy atom. The molecule has 0 bridgehead atoms. The summed E-state index contributed by atoms with van der Waals surface area (Å²) in [5.41, 5.74) is 3.04. The molecule has 3 aromatic rings. The van der Waals surface area contributed by atoms with E-state index in [1.165, 1.54) is 0 Å². The lowest BCUT2D eigenvalue weighted by atomic mass is 10.1. The van der Waals surface area contributed by atoms with Crippen molar-refractivity contribution in [2.45, 2.75) is 13.5 Å². The van der Waals surface area contributed by atoms with Gasteiger partial charge in [-0.3, -0.25) is 0 Å². The van der Waals surface area contributed by atoms with Crippen LogP contribution in [0.5, 0.6) is 5.75 Å². The molecule has 0 saturated carbocycles. The molecule has 0 aliphatic carbocycles. The molecular formula is C21H22N2O3. The van der Waals surface area contributed by atoms with Crippen LogP contribution >= 0.6 is 0 Å². The topological polar surface area (TPSA) is 51.7 Å². The van der Waals surface area contributed by atoms with E-state index in [9.17, 15) is 4.79 Å². The van der Waals surface area contributed by atoms with Gasteiger partial charge in [-0.2, -0.15) is 0 Å². The summed E-state index contributed by atoms with van der Waals surface area (Å²) in [4.78, 5) is 18.6. The molecule has 0 N–H and O–H groups in total. The minimum Gasteiger partial charge on any atom is -0.488 e. The maximum atomic E-state index is 12.1. The summed E-state index contributed by atoms with van der Waals surface area (Å²) < 4.78 is 11.1. The summed E-state index contributed by atoms with van der Waals surface area (Å²) in [6.07, 6.45) is 0. The number of rotatable bonds is 6. The van der Waals surface area contributed by atoms with Crippen LogP contribution in [0.3, 0.4) is 0 Å². The van der Waals surface area contributed by atoms with Crippen LogP contribution in [-0.2, 0) is 11.3 Å². The largest absolute Gasteiger partial charge is 0.488 e. The highest BCUT2D eigenvalue weighted by molar-refractivity contribution is 5.95. The van der Waals surface area contributed by atoms with Gasteiger partial charge < -0.3 is 14.4 Å². The quantitative estimate of drug-likeness (QED) is 0.628. The van der Waals surface area contributed by atoms with Crippen LogP contribution in [0.25, 0.3) is 10.9 Å². The number of carbonyl (C=O) groups is 1. The lowest BCUT2D eigenvalue weighted by molar-refractivity contribution is 0.0519. The molecule has 1 aromatic heterocycles. The number of hydrogen-bond acceptors (Lipinski definition) is 5. The molecule has 5 nitrogen and oxygen atoms in total. The predicted molar refractivity (Wildman–Crippen MR) is 103 cm³/mol. The summed E-state index contributed by atoms with van der Waals surface area (Å²) in [5.74, 6) is 0.168. The van der Waals surface area contributed by atoms with Crippen LogP contribution < -0.4 is 9.64 Å². The van der Waals surface area contributed by atoms with Gasteiger partial charge in [0, 0.05) is 31.2 Å². The smallest absolute Gasteiger partial charge is 0.357 e. The first-order chi connectivity index (χ1) is 12.6. The molecule has 134 valence electrons. The molecule has 0 unspecified atom stereocenters. The lowest BCUT2D eigenvalue weighted by Crippen LogP contribution is -2.10. The molecule has 0 fully saturated rings. The summed E-state index contributed by atoms with van der Waals surface area (Å²) in [7, 11) is 3.96. The van der Waals surface area contributed by atoms with E-state index < -0.39 is 5.97 Å². The molecule has 0 atom stereocenters. The zero-order valence-corrected chi connectivity index (χ0v) is 15.2. The number of ether oxygens (including phenoxy) is 2. The number of fused-ring (bicyclic) bond motifs is 1. The Balaban J connectivity index is 2.02. The van der Waals surface area contributed by atoms with Crippen molar-refractivity contribution in [3.05, 3.63) is 65.9 Å². The van der Waals surface area contributed by atoms with Gasteiger partial charge in [-0.15, -0.1) is 0 Å². The van der Waals surface area contributed by atoms with Gasteiger partial charge in [0.05, 0.1) is 12.1 Å². The highest BCUT2D eigenvalue weighted by Gasteiger charge is 2.15. The van der Waals surface area contributed by atoms with Gasteiger partial charge in [0.1, 0.15) is 12.4 Å². The fourth-order valence-electron chi connectivity index (χ4n) is 2.63. The third kappa shape index (κ3) is 3.94. The third-order valence-electron chi connectivity index (χ3n) is 3.99. The van der Waals surface area contributed by atoms with Gasteiger partial charge in [-0.05, 0) is 30.7 Å². The van der Waals surface area contributed by atoms with E-state index in [4.69, 9.17) is 9.47 Å². The van der Waals surface area contributed by atoms with Crippen LogP contribution in [0.15, 0.2) is 54.6 Å². The molecule has 0 amide bonds. The molecule has 0 saturated heterocycles. The third-order valence-corrected chi connectivity index (χ3v) is 3.99. The first-order valence-corrected chi connectivity index (χ1v) is 8.54. The van der Waals surface area contributed by atoms with Gasteiger partial charge in [-0.25, -0.2) is 9.78 Å². The number of nitrogens with zero attached hydrogens (tertiary/aromatic N) is 2. The van der Waals surface area contributed by atoms with Gasteiger partial charge in [-0.1, -0.05) is 30.3 Å². The van der Waals surface area contributed by atoms with Crippen molar-refractivity contribution in [2.24, 2.45) is 0 Å². The van der Waals surface area contributed by atoms with Crippen LogP contribution in [0.4, 0.5) is 5.69 Å². The summed E-state index contributed by atoms with van der Waals surface area (Å²) in [5, 5.41) is 0.861. The van der Waals surface area contributed by atoms with Crippen molar-refractivity contribution in [1.82, 2.24) is 4.98 Å². The Bertz CT molecular complexity index is 908. The lowest BCUT2D eigenvalue weighted by Gasteiger charge is -2.15. The number of carbonyl (C=O) groups excluding carboxylic acids is 1. The van der Waals surface area contributed by atoms with Crippen molar-refractivity contribution >= 4 is 22.6 Å². The average Bonchev–Trinajstić information content (AvgIpc) is 2.66. The van der Waals surface area contributed by atoms with E-state index in [-0.39, 0.29) is 5.69 Å². The molecule has 0 spiro atoms. The van der Waals surface area contributed by atoms with Crippen molar-refractivity contribution in [3.63, 3.8) is 0 Å². The summed E-state index contributed by atoms with van der Waals surface area (Å²) in [6, 6.07) is 17.4. The van der Waals surface area contributed by atoms with E-state index in [0.29, 0.717) is 24.5 Å². The Morgan fingerprint density at radius 2 is 1.85 bits per heavy atom. The van der Waals surface area contributed by atoms with E-state index in [2.05, 4.69) is 4.98 Å². The second-order valence-corrected chi connectivity index (χ2v) is 6.10. The Labute approximate surface area is 153 Å². The molecule has 26 heavy (non-hydrogen) atoms. The van der Waals surface area contributed by atoms with Crippen LogP contribution in [0, 0.1) is 0 Å². The second kappa shape index (κ2) is 7.87. The van der Waals surface area contributed by atoms with E-state index >= 15 is 0 Å². The summed E-state index contributed by atoms with van der Waals surface area (Å²) in [6.45, 7) is 2.49. The number of aromatic nitrogens is 1. The first kappa shape index (κ1) is 17.7. The van der Waals surface area contributed by atoms with Crippen molar-refractivity contribution < 1.29 is 14.3 Å². The maximum absolute atomic E-state index is 12.1. The van der Waals surface area contributed by atoms with Crippen molar-refractivity contribution in [2.75, 3.05) is 25.6 Å². The van der Waals surface area contributed by atoms with E-state index in [0.717, 1.165) is 16.6 Å². The van der Waals surface area contributed by atoms with Crippen LogP contribution in [0.2, 0.25) is 0 Å². The second-order valence-electron chi connectivity index (χ2n) is 6.10. The van der Waals surface area contributed by atoms with Gasteiger partial charge in [0.2, 0.25) is 0 Å². The zero-order valence-electron chi connectivity index (χ0n) is 15.2. The molecule has 5 heteroatoms. The fraction of sp³-hybridized carbons (Fsp3) is 0.238. The molecular weight excluding hydrogens is 328 g/mol. The molecule has 2 aromatic carbocycles. The fourth-order valence-corrected chi connectivity index (χ4v) is 2.63. The summed E-state index contributed by atoms with van der Waals surface area (Å²) >= 11 is 0. The molecule has 1 heterocycles. The van der Waals surface area contributed by atoms with Crippen molar-refractivity contribution in [3.8, 4) is 5.75 Å². The molecule has 0 radical (unpaired) electrons. The molecule has 3 rings (SSSR count). The van der Waals surface area contributed by atoms with Gasteiger partial charge in [0.25, 0.3) is 0 Å². The number of benzene rings is 2. The maximum Gasteiger partial charge on any atom is 0.357 e. The SMILES string of the molecule is CCOC(=O)c1cc(OCc2ccccc2)c2cc(N(C)C)ccc2n1. The van der Waals surface area contributed by atoms with E-state index in [1.54, 1.807) is 13.0 Å². The van der Waals surface area contributed by atoms with Gasteiger partial charge >= 0.3 is 5.97 Å². The highest BCUT2D eigenvalue weighted by Crippen LogP contribution is 2.30. The number of anilines is 1. The average molecular weight is 350 g/mol. The number of hydrogen-bond donors (Lipinski definition) is 0. The van der Waals surface area contributed by atoms with Crippen LogP contribution in [0.1, 0.15) is 23.0 Å². The monoisotopic (exact) mass is 350 g/mol. The zero-order chi connectivity index (χ0) is 18.5. The minimum absolute atomic E-state index is 0.250. The highest BCUT2D eigenvalue weighted by atomic mass is 16.5. The molecule has 0 aliphatic rings. The predicted octanol–water partition coefficient (Wildman–Crippen LogP) is 4.06. The van der Waals surface area contributed by atoms with Crippen molar-refractivity contribution in [1.29, 1.82) is 0 Å².